The van der Waals surface area contributed by atoms with Crippen LogP contribution in [0, 0.1) is 6.92 Å². The number of hydrogen-bond acceptors (Lipinski definition) is 8. The van der Waals surface area contributed by atoms with E-state index in [0.29, 0.717) is 29.9 Å². The molecule has 30 heavy (non-hydrogen) atoms. The van der Waals surface area contributed by atoms with Crippen LogP contribution in [0.2, 0.25) is 0 Å². The van der Waals surface area contributed by atoms with Crippen LogP contribution in [0.3, 0.4) is 0 Å². The smallest absolute Gasteiger partial charge is 0.335 e. The van der Waals surface area contributed by atoms with Crippen molar-refractivity contribution >= 4 is 29.2 Å². The van der Waals surface area contributed by atoms with Gasteiger partial charge in [-0.1, -0.05) is 12.1 Å². The van der Waals surface area contributed by atoms with Gasteiger partial charge >= 0.3 is 5.97 Å². The Hall–Kier alpha value is -3.37. The monoisotopic (exact) mass is 426 g/mol. The maximum Gasteiger partial charge on any atom is 0.335 e. The van der Waals surface area contributed by atoms with E-state index in [9.17, 15) is 9.59 Å². The molecule has 0 aliphatic rings. The number of nitrogens with one attached hydrogen (secondary N) is 2. The molecule has 3 rings (SSSR count). The predicted octanol–water partition coefficient (Wildman–Crippen LogP) is 2.47. The zero-order valence-corrected chi connectivity index (χ0v) is 17.7. The highest BCUT2D eigenvalue weighted by atomic mass is 32.1. The lowest BCUT2D eigenvalue weighted by Crippen LogP contribution is -2.32. The molecular formula is C20H22N6O3S. The summed E-state index contributed by atoms with van der Waals surface area (Å²) >= 11 is 1.28. The van der Waals surface area contributed by atoms with Gasteiger partial charge in [-0.2, -0.15) is 0 Å². The molecule has 1 aromatic carbocycles. The van der Waals surface area contributed by atoms with Crippen molar-refractivity contribution in [1.29, 1.82) is 0 Å². The van der Waals surface area contributed by atoms with E-state index in [-0.39, 0.29) is 11.5 Å². The summed E-state index contributed by atoms with van der Waals surface area (Å²) in [5.41, 5.74) is 2.55. The van der Waals surface area contributed by atoms with Crippen molar-refractivity contribution in [3.63, 3.8) is 0 Å². The van der Waals surface area contributed by atoms with Crippen LogP contribution in [0.4, 0.5) is 5.95 Å². The Kier molecular flexibility index (Phi) is 6.70. The van der Waals surface area contributed by atoms with Crippen LogP contribution >= 0.6 is 11.3 Å². The number of aromatic nitrogens is 3. The van der Waals surface area contributed by atoms with Crippen molar-refractivity contribution in [2.45, 2.75) is 13.5 Å². The molecule has 3 aromatic rings. The molecule has 156 valence electrons. The van der Waals surface area contributed by atoms with E-state index in [1.807, 2.05) is 25.9 Å². The number of rotatable bonds is 8. The second-order valence-corrected chi connectivity index (χ2v) is 7.80. The summed E-state index contributed by atoms with van der Waals surface area (Å²) in [6.07, 6.45) is 1.64. The molecule has 9 nitrogen and oxygen atoms in total. The number of aryl methyl sites for hydroxylation is 1. The first-order chi connectivity index (χ1) is 14.3. The van der Waals surface area contributed by atoms with E-state index in [2.05, 4.69) is 25.6 Å². The molecule has 1 amide bonds. The number of carboxylic acid groups (broad SMARTS) is 1. The molecule has 2 heterocycles. The number of amides is 1. The average molecular weight is 427 g/mol. The Labute approximate surface area is 177 Å². The Balaban J connectivity index is 1.70. The van der Waals surface area contributed by atoms with Gasteiger partial charge in [0, 0.05) is 12.7 Å². The third-order valence-electron chi connectivity index (χ3n) is 4.09. The van der Waals surface area contributed by atoms with Gasteiger partial charge < -0.3 is 15.7 Å². The molecule has 0 aliphatic heterocycles. The van der Waals surface area contributed by atoms with Gasteiger partial charge in [-0.15, -0.1) is 11.3 Å². The predicted molar refractivity (Wildman–Crippen MR) is 115 cm³/mol. The van der Waals surface area contributed by atoms with Gasteiger partial charge in [0.25, 0.3) is 5.91 Å². The summed E-state index contributed by atoms with van der Waals surface area (Å²) in [5.74, 6) is -0.748. The van der Waals surface area contributed by atoms with Gasteiger partial charge in [-0.3, -0.25) is 9.69 Å². The highest BCUT2D eigenvalue weighted by Gasteiger charge is 2.17. The highest BCUT2D eigenvalue weighted by molar-refractivity contribution is 7.17. The standard InChI is InChI=1S/C20H22N6O3S/c1-12-16(30-18(24-12)17(27)23-11-26(2)3)15-8-9-21-20(25-15)22-10-13-4-6-14(7-5-13)19(28)29/h4-9H,10-11H2,1-3H3,(H,23,27)(H,28,29)(H,21,22,25). The van der Waals surface area contributed by atoms with E-state index >= 15 is 0 Å². The quantitative estimate of drug-likeness (QED) is 0.470. The number of carboxylic acids is 1. The second kappa shape index (κ2) is 9.42. The number of carbonyl (C=O) groups excluding carboxylic acids is 1. The van der Waals surface area contributed by atoms with Gasteiger partial charge in [0.1, 0.15) is 0 Å². The first-order valence-corrected chi connectivity index (χ1v) is 9.95. The summed E-state index contributed by atoms with van der Waals surface area (Å²) in [5, 5.41) is 15.3. The number of anilines is 1. The van der Waals surface area contributed by atoms with Crippen molar-refractivity contribution in [3.05, 3.63) is 58.4 Å². The van der Waals surface area contributed by atoms with E-state index in [4.69, 9.17) is 5.11 Å². The van der Waals surface area contributed by atoms with Gasteiger partial charge in [-0.05, 0) is 44.8 Å². The van der Waals surface area contributed by atoms with Crippen LogP contribution in [-0.2, 0) is 6.54 Å². The molecule has 0 saturated carbocycles. The number of aromatic carboxylic acids is 1. The molecule has 0 radical (unpaired) electrons. The van der Waals surface area contributed by atoms with Gasteiger partial charge in [0.15, 0.2) is 5.01 Å². The van der Waals surface area contributed by atoms with Gasteiger partial charge in [-0.25, -0.2) is 19.7 Å². The zero-order valence-electron chi connectivity index (χ0n) is 16.8. The lowest BCUT2D eigenvalue weighted by molar-refractivity contribution is 0.0696. The largest absolute Gasteiger partial charge is 0.478 e. The number of carbonyl (C=O) groups is 2. The molecule has 10 heteroatoms. The van der Waals surface area contributed by atoms with Crippen LogP contribution in [0.15, 0.2) is 36.5 Å². The molecule has 0 atom stereocenters. The number of nitrogens with zero attached hydrogens (tertiary/aromatic N) is 4. The first-order valence-electron chi connectivity index (χ1n) is 9.13. The van der Waals surface area contributed by atoms with Crippen LogP contribution in [-0.4, -0.2) is 57.6 Å². The summed E-state index contributed by atoms with van der Waals surface area (Å²) in [4.78, 5) is 39.0. The van der Waals surface area contributed by atoms with E-state index in [1.165, 1.54) is 11.3 Å². The maximum atomic E-state index is 12.3. The zero-order chi connectivity index (χ0) is 21.7. The summed E-state index contributed by atoms with van der Waals surface area (Å²) in [6.45, 7) is 2.72. The fourth-order valence-electron chi connectivity index (χ4n) is 2.55. The third-order valence-corrected chi connectivity index (χ3v) is 5.27. The van der Waals surface area contributed by atoms with Gasteiger partial charge in [0.05, 0.1) is 28.5 Å². The lowest BCUT2D eigenvalue weighted by atomic mass is 10.1. The molecule has 0 bridgehead atoms. The minimum absolute atomic E-state index is 0.222. The molecule has 2 aromatic heterocycles. The second-order valence-electron chi connectivity index (χ2n) is 6.80. The van der Waals surface area contributed by atoms with E-state index < -0.39 is 5.97 Å². The number of hydrogen-bond donors (Lipinski definition) is 3. The molecule has 3 N–H and O–H groups in total. The molecule has 0 fully saturated rings. The summed E-state index contributed by atoms with van der Waals surface area (Å²) in [7, 11) is 3.74. The van der Waals surface area contributed by atoms with Crippen LogP contribution in [0.5, 0.6) is 0 Å². The normalized spacial score (nSPS) is 10.8. The fraction of sp³-hybridized carbons (Fsp3) is 0.250. The summed E-state index contributed by atoms with van der Waals surface area (Å²) < 4.78 is 0. The SMILES string of the molecule is Cc1nc(C(=O)NCN(C)C)sc1-c1ccnc(NCc2ccc(C(=O)O)cc2)n1. The average Bonchev–Trinajstić information content (AvgIpc) is 3.12. The van der Waals surface area contributed by atoms with Crippen molar-refractivity contribution in [1.82, 2.24) is 25.2 Å². The topological polar surface area (TPSA) is 120 Å². The van der Waals surface area contributed by atoms with Crippen LogP contribution in [0.1, 0.15) is 31.4 Å². The van der Waals surface area contributed by atoms with E-state index in [1.54, 1.807) is 36.5 Å². The van der Waals surface area contributed by atoms with E-state index in [0.717, 1.165) is 16.1 Å². The summed E-state index contributed by atoms with van der Waals surface area (Å²) in [6, 6.07) is 8.37. The van der Waals surface area contributed by atoms with Crippen molar-refractivity contribution < 1.29 is 14.7 Å². The maximum absolute atomic E-state index is 12.3. The molecular weight excluding hydrogens is 404 g/mol. The Morgan fingerprint density at radius 3 is 2.53 bits per heavy atom. The van der Waals surface area contributed by atoms with Crippen molar-refractivity contribution in [2.24, 2.45) is 0 Å². The van der Waals surface area contributed by atoms with Crippen LogP contribution < -0.4 is 10.6 Å². The highest BCUT2D eigenvalue weighted by Crippen LogP contribution is 2.29. The molecule has 0 saturated heterocycles. The Morgan fingerprint density at radius 1 is 1.13 bits per heavy atom. The number of benzene rings is 1. The first kappa shape index (κ1) is 21.3. The molecule has 0 unspecified atom stereocenters. The molecule has 0 aliphatic carbocycles. The Morgan fingerprint density at radius 2 is 1.87 bits per heavy atom. The number of thiazole rings is 1. The Bertz CT molecular complexity index is 1050. The fourth-order valence-corrected chi connectivity index (χ4v) is 3.51. The molecule has 0 spiro atoms. The minimum Gasteiger partial charge on any atom is -0.478 e. The van der Waals surface area contributed by atoms with Gasteiger partial charge in [0.2, 0.25) is 5.95 Å². The van der Waals surface area contributed by atoms with Crippen molar-refractivity contribution in [2.75, 3.05) is 26.1 Å². The van der Waals surface area contributed by atoms with Crippen molar-refractivity contribution in [3.8, 4) is 10.6 Å². The third kappa shape index (κ3) is 5.37. The minimum atomic E-state index is -0.958. The van der Waals surface area contributed by atoms with Crippen LogP contribution in [0.25, 0.3) is 10.6 Å². The lowest BCUT2D eigenvalue weighted by Gasteiger charge is -2.09.